The molecular formula is C23H28NO4+. The monoisotopic (exact) mass is 382 g/mol. The normalized spacial score (nSPS) is 26.9. The summed E-state index contributed by atoms with van der Waals surface area (Å²) in [5.41, 5.74) is 5.53. The topological polar surface area (TPSA) is 36.9 Å². The summed E-state index contributed by atoms with van der Waals surface area (Å²) in [6.45, 7) is 4.67. The largest absolute Gasteiger partial charge is 0.493 e. The molecule has 0 spiro atoms. The van der Waals surface area contributed by atoms with Crippen molar-refractivity contribution in [1.29, 1.82) is 0 Å². The van der Waals surface area contributed by atoms with Crippen LogP contribution >= 0.6 is 0 Å². The maximum absolute atomic E-state index is 5.81. The third-order valence-electron chi connectivity index (χ3n) is 6.94. The molecule has 0 bridgehead atoms. The van der Waals surface area contributed by atoms with E-state index in [4.69, 9.17) is 18.9 Å². The lowest BCUT2D eigenvalue weighted by Gasteiger charge is -2.52. The minimum absolute atomic E-state index is 0.325. The Morgan fingerprint density at radius 1 is 1.07 bits per heavy atom. The first-order valence-electron chi connectivity index (χ1n) is 10.1. The van der Waals surface area contributed by atoms with Gasteiger partial charge in [-0.25, -0.2) is 0 Å². The Morgan fingerprint density at radius 2 is 1.86 bits per heavy atom. The smallest absolute Gasteiger partial charge is 0.231 e. The third-order valence-corrected chi connectivity index (χ3v) is 6.94. The molecule has 3 aliphatic rings. The van der Waals surface area contributed by atoms with Gasteiger partial charge in [0.1, 0.15) is 12.6 Å². The number of quaternary nitrogens is 1. The second-order valence-electron chi connectivity index (χ2n) is 8.34. The van der Waals surface area contributed by atoms with Gasteiger partial charge in [-0.05, 0) is 35.7 Å². The highest BCUT2D eigenvalue weighted by atomic mass is 16.7. The molecule has 0 fully saturated rings. The van der Waals surface area contributed by atoms with Gasteiger partial charge in [0.2, 0.25) is 6.79 Å². The zero-order chi connectivity index (χ0) is 19.5. The van der Waals surface area contributed by atoms with Crippen LogP contribution in [0.5, 0.6) is 23.0 Å². The number of hydrogen-bond acceptors (Lipinski definition) is 4. The van der Waals surface area contributed by atoms with Gasteiger partial charge in [0.05, 0.1) is 33.4 Å². The van der Waals surface area contributed by atoms with Crippen molar-refractivity contribution in [1.82, 2.24) is 0 Å². The molecule has 0 aromatic heterocycles. The minimum atomic E-state index is 0.325. The molecule has 3 aliphatic heterocycles. The maximum atomic E-state index is 5.81. The van der Waals surface area contributed by atoms with Gasteiger partial charge in [0.15, 0.2) is 23.0 Å². The van der Waals surface area contributed by atoms with Crippen LogP contribution in [-0.2, 0) is 13.0 Å². The van der Waals surface area contributed by atoms with Gasteiger partial charge in [0.25, 0.3) is 0 Å². The van der Waals surface area contributed by atoms with E-state index in [-0.39, 0.29) is 0 Å². The van der Waals surface area contributed by atoms with Crippen molar-refractivity contribution in [2.75, 3.05) is 34.6 Å². The van der Waals surface area contributed by atoms with Crippen LogP contribution in [0.15, 0.2) is 24.3 Å². The molecular weight excluding hydrogens is 354 g/mol. The first-order chi connectivity index (χ1) is 13.6. The highest BCUT2D eigenvalue weighted by molar-refractivity contribution is 5.55. The average molecular weight is 382 g/mol. The summed E-state index contributed by atoms with van der Waals surface area (Å²) < 4.78 is 23.7. The summed E-state index contributed by atoms with van der Waals surface area (Å²) >= 11 is 0. The van der Waals surface area contributed by atoms with Crippen molar-refractivity contribution in [2.45, 2.75) is 38.3 Å². The van der Waals surface area contributed by atoms with Gasteiger partial charge in [-0.15, -0.1) is 0 Å². The van der Waals surface area contributed by atoms with E-state index in [0.717, 1.165) is 53.4 Å². The number of likely N-dealkylation sites (N-methyl/N-ethyl adjacent to an activating group) is 1. The summed E-state index contributed by atoms with van der Waals surface area (Å²) in [6.07, 6.45) is 2.13. The lowest BCUT2D eigenvalue weighted by atomic mass is 9.73. The van der Waals surface area contributed by atoms with E-state index < -0.39 is 0 Å². The molecule has 0 radical (unpaired) electrons. The van der Waals surface area contributed by atoms with E-state index >= 15 is 0 Å². The Hall–Kier alpha value is -2.40. The molecule has 28 heavy (non-hydrogen) atoms. The lowest BCUT2D eigenvalue weighted by molar-refractivity contribution is -0.958. The van der Waals surface area contributed by atoms with Crippen LogP contribution in [0.1, 0.15) is 47.6 Å². The van der Waals surface area contributed by atoms with Crippen molar-refractivity contribution < 1.29 is 23.4 Å². The summed E-state index contributed by atoms with van der Waals surface area (Å²) in [7, 11) is 5.85. The zero-order valence-electron chi connectivity index (χ0n) is 17.1. The van der Waals surface area contributed by atoms with Crippen molar-refractivity contribution >= 4 is 0 Å². The molecule has 5 nitrogen and oxygen atoms in total. The van der Waals surface area contributed by atoms with Gasteiger partial charge >= 0.3 is 0 Å². The summed E-state index contributed by atoms with van der Waals surface area (Å²) in [4.78, 5) is 0. The molecule has 0 aliphatic carbocycles. The fourth-order valence-corrected chi connectivity index (χ4v) is 5.66. The number of benzene rings is 2. The van der Waals surface area contributed by atoms with Crippen LogP contribution in [0.4, 0.5) is 0 Å². The molecule has 3 atom stereocenters. The van der Waals surface area contributed by atoms with Gasteiger partial charge < -0.3 is 23.4 Å². The number of rotatable bonds is 3. The fraction of sp³-hybridized carbons (Fsp3) is 0.478. The van der Waals surface area contributed by atoms with E-state index in [0.29, 0.717) is 18.8 Å². The van der Waals surface area contributed by atoms with Gasteiger partial charge in [-0.1, -0.05) is 13.0 Å². The molecule has 3 heterocycles. The summed E-state index contributed by atoms with van der Waals surface area (Å²) in [6, 6.07) is 9.16. The molecule has 0 saturated heterocycles. The number of methoxy groups -OCH3 is 2. The highest BCUT2D eigenvalue weighted by Crippen LogP contribution is 2.55. The van der Waals surface area contributed by atoms with E-state index in [1.54, 1.807) is 14.2 Å². The molecule has 0 amide bonds. The van der Waals surface area contributed by atoms with Crippen LogP contribution in [0.3, 0.4) is 0 Å². The second-order valence-corrected chi connectivity index (χ2v) is 8.34. The quantitative estimate of drug-likeness (QED) is 0.746. The lowest BCUT2D eigenvalue weighted by Crippen LogP contribution is -2.54. The van der Waals surface area contributed by atoms with Crippen LogP contribution in [0.25, 0.3) is 0 Å². The van der Waals surface area contributed by atoms with Crippen molar-refractivity contribution in [3.63, 3.8) is 0 Å². The fourth-order valence-electron chi connectivity index (χ4n) is 5.66. The molecule has 2 aromatic rings. The molecule has 2 aromatic carbocycles. The molecule has 0 N–H and O–H groups in total. The van der Waals surface area contributed by atoms with E-state index in [2.05, 4.69) is 38.2 Å². The number of ether oxygens (including phenoxy) is 4. The Labute approximate surface area is 166 Å². The molecule has 5 heteroatoms. The Balaban J connectivity index is 1.69. The first-order valence-corrected chi connectivity index (χ1v) is 10.1. The maximum Gasteiger partial charge on any atom is 0.231 e. The predicted octanol–water partition coefficient (Wildman–Crippen LogP) is 4.18. The van der Waals surface area contributed by atoms with E-state index in [1.165, 1.54) is 22.3 Å². The Morgan fingerprint density at radius 3 is 2.57 bits per heavy atom. The van der Waals surface area contributed by atoms with E-state index in [1.807, 2.05) is 0 Å². The van der Waals surface area contributed by atoms with Crippen molar-refractivity contribution in [2.24, 2.45) is 0 Å². The highest BCUT2D eigenvalue weighted by Gasteiger charge is 2.49. The standard InChI is InChI=1S/C23H28NO4/c1-5-15-16-6-7-19(25-3)23(26-4)18(16)12-24(2)9-8-14-10-20-21(28-13-27-20)11-17(14)22(15)24/h6-7,10-11,15,22H,5,8-9,12-13H2,1-4H3/q+1/t15-,22-,24-/m0/s1. The average Bonchev–Trinajstić information content (AvgIpc) is 3.16. The first kappa shape index (κ1) is 17.7. The zero-order valence-corrected chi connectivity index (χ0v) is 17.1. The molecule has 0 unspecified atom stereocenters. The Kier molecular flexibility index (Phi) is 3.98. The van der Waals surface area contributed by atoms with Crippen molar-refractivity contribution in [3.05, 3.63) is 46.5 Å². The van der Waals surface area contributed by atoms with Crippen LogP contribution in [-0.4, -0.2) is 39.1 Å². The van der Waals surface area contributed by atoms with Gasteiger partial charge in [-0.3, -0.25) is 0 Å². The third kappa shape index (κ3) is 2.35. The predicted molar refractivity (Wildman–Crippen MR) is 106 cm³/mol. The summed E-state index contributed by atoms with van der Waals surface area (Å²) in [5, 5.41) is 0. The van der Waals surface area contributed by atoms with Gasteiger partial charge in [-0.2, -0.15) is 0 Å². The van der Waals surface area contributed by atoms with Crippen LogP contribution < -0.4 is 18.9 Å². The number of hydrogen-bond donors (Lipinski definition) is 0. The van der Waals surface area contributed by atoms with Crippen LogP contribution in [0.2, 0.25) is 0 Å². The molecule has 0 saturated carbocycles. The number of nitrogens with zero attached hydrogens (tertiary/aromatic N) is 1. The Bertz CT molecular complexity index is 941. The number of fused-ring (bicyclic) bond motifs is 5. The second kappa shape index (κ2) is 6.31. The SMILES string of the molecule is CC[C@H]1c2ccc(OC)c(OC)c2C[N@+]2(C)CCc3cc4c(cc3[C@H]12)OCO4. The molecule has 148 valence electrons. The van der Waals surface area contributed by atoms with Gasteiger partial charge in [0, 0.05) is 17.9 Å². The summed E-state index contributed by atoms with van der Waals surface area (Å²) in [5.74, 6) is 3.92. The van der Waals surface area contributed by atoms with Crippen LogP contribution in [0, 0.1) is 0 Å². The van der Waals surface area contributed by atoms with Crippen molar-refractivity contribution in [3.8, 4) is 23.0 Å². The minimum Gasteiger partial charge on any atom is -0.493 e. The van der Waals surface area contributed by atoms with E-state index in [9.17, 15) is 0 Å². The molecule has 5 rings (SSSR count).